The summed E-state index contributed by atoms with van der Waals surface area (Å²) in [5, 5.41) is 6.65. The molecule has 0 saturated carbocycles. The van der Waals surface area contributed by atoms with Crippen LogP contribution in [0.1, 0.15) is 25.3 Å². The third-order valence-corrected chi connectivity index (χ3v) is 3.74. The van der Waals surface area contributed by atoms with Crippen molar-refractivity contribution in [1.29, 1.82) is 0 Å². The molecule has 0 radical (unpaired) electrons. The molecule has 1 aliphatic rings. The third-order valence-electron chi connectivity index (χ3n) is 3.74. The maximum atomic E-state index is 5.63. The lowest BCUT2D eigenvalue weighted by atomic mass is 10.2. The van der Waals surface area contributed by atoms with Crippen LogP contribution in [0.2, 0.25) is 0 Å². The van der Waals surface area contributed by atoms with Crippen LogP contribution < -0.4 is 15.5 Å². The summed E-state index contributed by atoms with van der Waals surface area (Å²) in [7, 11) is 4.09. The SMILES string of the molecule is CCNC(=NCc1ccc(N(C)C)cc1)NCC1CCCO1. The fourth-order valence-electron chi connectivity index (χ4n) is 2.43. The van der Waals surface area contributed by atoms with Crippen LogP contribution in [0, 0.1) is 0 Å². The van der Waals surface area contributed by atoms with E-state index in [2.05, 4.69) is 51.7 Å². The van der Waals surface area contributed by atoms with Gasteiger partial charge in [0.1, 0.15) is 0 Å². The molecule has 0 bridgehead atoms. The molecule has 1 unspecified atom stereocenters. The first-order chi connectivity index (χ1) is 10.7. The van der Waals surface area contributed by atoms with Gasteiger partial charge in [-0.05, 0) is 37.5 Å². The average molecular weight is 304 g/mol. The predicted molar refractivity (Wildman–Crippen MR) is 92.6 cm³/mol. The molecule has 22 heavy (non-hydrogen) atoms. The van der Waals surface area contributed by atoms with Crippen LogP contribution in [0.25, 0.3) is 0 Å². The molecule has 1 aliphatic heterocycles. The Bertz CT molecular complexity index is 464. The molecular weight excluding hydrogens is 276 g/mol. The number of nitrogens with one attached hydrogen (secondary N) is 2. The number of aliphatic imine (C=N–C) groups is 1. The monoisotopic (exact) mass is 304 g/mol. The summed E-state index contributed by atoms with van der Waals surface area (Å²) in [5.41, 5.74) is 2.41. The topological polar surface area (TPSA) is 48.9 Å². The summed E-state index contributed by atoms with van der Waals surface area (Å²) in [6.45, 7) is 5.32. The molecule has 1 aromatic carbocycles. The Balaban J connectivity index is 1.87. The highest BCUT2D eigenvalue weighted by Crippen LogP contribution is 2.13. The Morgan fingerprint density at radius 2 is 2.05 bits per heavy atom. The van der Waals surface area contributed by atoms with Gasteiger partial charge in [0, 0.05) is 39.5 Å². The first-order valence-corrected chi connectivity index (χ1v) is 8.09. The maximum Gasteiger partial charge on any atom is 0.191 e. The van der Waals surface area contributed by atoms with Gasteiger partial charge >= 0.3 is 0 Å². The first-order valence-electron chi connectivity index (χ1n) is 8.09. The molecule has 1 saturated heterocycles. The van der Waals surface area contributed by atoms with E-state index in [9.17, 15) is 0 Å². The summed E-state index contributed by atoms with van der Waals surface area (Å²) < 4.78 is 5.63. The zero-order valence-corrected chi connectivity index (χ0v) is 13.9. The van der Waals surface area contributed by atoms with Gasteiger partial charge in [-0.2, -0.15) is 0 Å². The summed E-state index contributed by atoms with van der Waals surface area (Å²) in [6, 6.07) is 8.50. The van der Waals surface area contributed by atoms with Gasteiger partial charge in [-0.3, -0.25) is 0 Å². The number of nitrogens with zero attached hydrogens (tertiary/aromatic N) is 2. The Kier molecular flexibility index (Phi) is 6.52. The zero-order valence-electron chi connectivity index (χ0n) is 13.9. The highest BCUT2D eigenvalue weighted by molar-refractivity contribution is 5.79. The lowest BCUT2D eigenvalue weighted by Crippen LogP contribution is -2.41. The fraction of sp³-hybridized carbons (Fsp3) is 0.588. The fourth-order valence-corrected chi connectivity index (χ4v) is 2.43. The molecule has 2 N–H and O–H groups in total. The lowest BCUT2D eigenvalue weighted by Gasteiger charge is -2.15. The second kappa shape index (κ2) is 8.63. The van der Waals surface area contributed by atoms with Crippen LogP contribution in [-0.4, -0.2) is 45.9 Å². The molecule has 0 aromatic heterocycles. The van der Waals surface area contributed by atoms with Crippen molar-refractivity contribution in [3.8, 4) is 0 Å². The minimum absolute atomic E-state index is 0.322. The van der Waals surface area contributed by atoms with Crippen molar-refractivity contribution in [2.75, 3.05) is 38.7 Å². The van der Waals surface area contributed by atoms with Gasteiger partial charge in [0.05, 0.1) is 12.6 Å². The summed E-state index contributed by atoms with van der Waals surface area (Å²) >= 11 is 0. The summed E-state index contributed by atoms with van der Waals surface area (Å²) in [4.78, 5) is 6.74. The number of hydrogen-bond donors (Lipinski definition) is 2. The van der Waals surface area contributed by atoms with E-state index in [0.29, 0.717) is 12.6 Å². The van der Waals surface area contributed by atoms with E-state index in [0.717, 1.165) is 38.5 Å². The van der Waals surface area contributed by atoms with Crippen molar-refractivity contribution >= 4 is 11.6 Å². The molecule has 1 aromatic rings. The van der Waals surface area contributed by atoms with Gasteiger partial charge in [-0.25, -0.2) is 4.99 Å². The number of rotatable bonds is 6. The summed E-state index contributed by atoms with van der Waals surface area (Å²) in [6.07, 6.45) is 2.62. The van der Waals surface area contributed by atoms with E-state index in [1.165, 1.54) is 11.3 Å². The molecule has 0 spiro atoms. The van der Waals surface area contributed by atoms with Crippen LogP contribution in [0.3, 0.4) is 0 Å². The second-order valence-corrected chi connectivity index (χ2v) is 5.77. The molecule has 1 heterocycles. The number of hydrogen-bond acceptors (Lipinski definition) is 3. The molecule has 2 rings (SSSR count). The van der Waals surface area contributed by atoms with E-state index < -0.39 is 0 Å². The van der Waals surface area contributed by atoms with Crippen LogP contribution in [0.15, 0.2) is 29.3 Å². The lowest BCUT2D eigenvalue weighted by molar-refractivity contribution is 0.114. The van der Waals surface area contributed by atoms with Crippen molar-refractivity contribution in [3.05, 3.63) is 29.8 Å². The average Bonchev–Trinajstić information content (AvgIpc) is 3.04. The van der Waals surface area contributed by atoms with E-state index in [1.807, 2.05) is 14.1 Å². The van der Waals surface area contributed by atoms with Crippen molar-refractivity contribution in [2.24, 2.45) is 4.99 Å². The Morgan fingerprint density at radius 1 is 1.27 bits per heavy atom. The molecule has 0 aliphatic carbocycles. The van der Waals surface area contributed by atoms with Crippen molar-refractivity contribution in [2.45, 2.75) is 32.4 Å². The Labute approximate surface area is 133 Å². The van der Waals surface area contributed by atoms with E-state index in [1.54, 1.807) is 0 Å². The highest BCUT2D eigenvalue weighted by Gasteiger charge is 2.15. The van der Waals surface area contributed by atoms with Gasteiger partial charge in [-0.1, -0.05) is 12.1 Å². The number of ether oxygens (including phenoxy) is 1. The van der Waals surface area contributed by atoms with Gasteiger partial charge in [0.25, 0.3) is 0 Å². The van der Waals surface area contributed by atoms with Crippen LogP contribution in [0.5, 0.6) is 0 Å². The molecule has 0 amide bonds. The minimum Gasteiger partial charge on any atom is -0.378 e. The Hall–Kier alpha value is -1.75. The number of guanidine groups is 1. The van der Waals surface area contributed by atoms with Gasteiger partial charge in [0.2, 0.25) is 0 Å². The molecule has 5 heteroatoms. The molecule has 5 nitrogen and oxygen atoms in total. The van der Waals surface area contributed by atoms with Crippen molar-refractivity contribution < 1.29 is 4.74 Å². The van der Waals surface area contributed by atoms with Crippen LogP contribution >= 0.6 is 0 Å². The van der Waals surface area contributed by atoms with Crippen molar-refractivity contribution in [1.82, 2.24) is 10.6 Å². The highest BCUT2D eigenvalue weighted by atomic mass is 16.5. The Morgan fingerprint density at radius 3 is 2.64 bits per heavy atom. The van der Waals surface area contributed by atoms with Crippen LogP contribution in [-0.2, 0) is 11.3 Å². The molecule has 122 valence electrons. The standard InChI is InChI=1S/C17H28N4O/c1-4-18-17(20-13-16-6-5-11-22-16)19-12-14-7-9-15(10-8-14)21(2)3/h7-10,16H,4-6,11-13H2,1-3H3,(H2,18,19,20). The molecule has 1 atom stereocenters. The van der Waals surface area contributed by atoms with E-state index in [-0.39, 0.29) is 0 Å². The molecular formula is C17H28N4O. The first kappa shape index (κ1) is 16.6. The zero-order chi connectivity index (χ0) is 15.8. The van der Waals surface area contributed by atoms with Gasteiger partial charge < -0.3 is 20.3 Å². The van der Waals surface area contributed by atoms with E-state index >= 15 is 0 Å². The van der Waals surface area contributed by atoms with Gasteiger partial charge in [-0.15, -0.1) is 0 Å². The summed E-state index contributed by atoms with van der Waals surface area (Å²) in [5.74, 6) is 0.856. The van der Waals surface area contributed by atoms with Gasteiger partial charge in [0.15, 0.2) is 5.96 Å². The smallest absolute Gasteiger partial charge is 0.191 e. The quantitative estimate of drug-likeness (QED) is 0.623. The third kappa shape index (κ3) is 5.22. The van der Waals surface area contributed by atoms with Crippen LogP contribution in [0.4, 0.5) is 5.69 Å². The number of benzene rings is 1. The minimum atomic E-state index is 0.322. The normalized spacial score (nSPS) is 18.3. The largest absolute Gasteiger partial charge is 0.378 e. The molecule has 1 fully saturated rings. The predicted octanol–water partition coefficient (Wildman–Crippen LogP) is 1.99. The number of anilines is 1. The van der Waals surface area contributed by atoms with Crippen molar-refractivity contribution in [3.63, 3.8) is 0 Å². The maximum absolute atomic E-state index is 5.63. The van der Waals surface area contributed by atoms with E-state index in [4.69, 9.17) is 4.74 Å². The second-order valence-electron chi connectivity index (χ2n) is 5.77.